The van der Waals surface area contributed by atoms with E-state index in [9.17, 15) is 8.42 Å². The van der Waals surface area contributed by atoms with Gasteiger partial charge in [0.1, 0.15) is 5.84 Å². The van der Waals surface area contributed by atoms with E-state index in [2.05, 4.69) is 16.6 Å². The fourth-order valence-corrected chi connectivity index (χ4v) is 4.84. The summed E-state index contributed by atoms with van der Waals surface area (Å²) in [5.41, 5.74) is 3.58. The van der Waals surface area contributed by atoms with E-state index in [0.717, 1.165) is 12.0 Å². The molecule has 0 radical (unpaired) electrons. The molecule has 0 bridgehead atoms. The Morgan fingerprint density at radius 1 is 1.14 bits per heavy atom. The summed E-state index contributed by atoms with van der Waals surface area (Å²) < 4.78 is 27.2. The summed E-state index contributed by atoms with van der Waals surface area (Å²) in [4.78, 5) is 4.54. The van der Waals surface area contributed by atoms with Gasteiger partial charge in [0.05, 0.1) is 11.8 Å². The molecule has 1 saturated heterocycles. The first-order chi connectivity index (χ1) is 9.97. The molecule has 1 aromatic rings. The molecule has 112 valence electrons. The Hall–Kier alpha value is -1.62. The fourth-order valence-electron chi connectivity index (χ4n) is 3.06. The highest BCUT2D eigenvalue weighted by Gasteiger charge is 2.46. The highest BCUT2D eigenvalue weighted by Crippen LogP contribution is 2.37. The van der Waals surface area contributed by atoms with E-state index >= 15 is 0 Å². The molecule has 0 amide bonds. The van der Waals surface area contributed by atoms with Gasteiger partial charge >= 0.3 is 0 Å². The van der Waals surface area contributed by atoms with E-state index in [1.54, 1.807) is 0 Å². The summed E-state index contributed by atoms with van der Waals surface area (Å²) in [7, 11) is -3.27. The molecule has 1 aliphatic carbocycles. The fraction of sp³-hybridized carbons (Fsp3) is 0.438. The lowest BCUT2D eigenvalue weighted by Gasteiger charge is -2.24. The predicted octanol–water partition coefficient (Wildman–Crippen LogP) is 2.63. The number of hydrogen-bond acceptors (Lipinski definition) is 3. The molecule has 2 atom stereocenters. The lowest BCUT2D eigenvalue weighted by Crippen LogP contribution is -2.28. The van der Waals surface area contributed by atoms with Crippen molar-refractivity contribution >= 4 is 15.9 Å². The normalized spacial score (nSPS) is 29.3. The van der Waals surface area contributed by atoms with Crippen LogP contribution >= 0.6 is 0 Å². The second kappa shape index (κ2) is 5.30. The van der Waals surface area contributed by atoms with E-state index in [4.69, 9.17) is 0 Å². The third-order valence-electron chi connectivity index (χ3n) is 4.48. The largest absolute Gasteiger partial charge is 0.271 e. The Bertz CT molecular complexity index is 705. The number of benzene rings is 1. The molecule has 1 fully saturated rings. The van der Waals surface area contributed by atoms with E-state index in [-0.39, 0.29) is 11.2 Å². The first kappa shape index (κ1) is 14.3. The Balaban J connectivity index is 1.87. The average molecular weight is 304 g/mol. The van der Waals surface area contributed by atoms with Gasteiger partial charge in [-0.1, -0.05) is 41.5 Å². The summed E-state index contributed by atoms with van der Waals surface area (Å²) in [5.74, 6) is 0.623. The van der Waals surface area contributed by atoms with Crippen molar-refractivity contribution in [3.8, 4) is 0 Å². The Kier molecular flexibility index (Phi) is 3.61. The van der Waals surface area contributed by atoms with Crippen LogP contribution in [0.3, 0.4) is 0 Å². The SMILES string of the molecule is CC1=C(C)C[C@H]2[C@@H](C1)C(=NCc1ccccc1)NS2(=O)=O. The van der Waals surface area contributed by atoms with E-state index < -0.39 is 10.0 Å². The lowest BCUT2D eigenvalue weighted by atomic mass is 9.84. The quantitative estimate of drug-likeness (QED) is 0.854. The molecular weight excluding hydrogens is 284 g/mol. The summed E-state index contributed by atoms with van der Waals surface area (Å²) >= 11 is 0. The average Bonchev–Trinajstić information content (AvgIpc) is 2.70. The minimum atomic E-state index is -3.27. The molecule has 1 heterocycles. The third kappa shape index (κ3) is 2.75. The summed E-state index contributed by atoms with van der Waals surface area (Å²) in [6.07, 6.45) is 1.41. The van der Waals surface area contributed by atoms with Gasteiger partial charge in [-0.15, -0.1) is 0 Å². The second-order valence-corrected chi connectivity index (χ2v) is 7.85. The molecule has 0 aromatic heterocycles. The molecular formula is C16H20N2O2S. The van der Waals surface area contributed by atoms with Crippen LogP contribution in [0.25, 0.3) is 0 Å². The molecule has 1 N–H and O–H groups in total. The molecule has 4 nitrogen and oxygen atoms in total. The molecule has 5 heteroatoms. The molecule has 1 aromatic carbocycles. The Labute approximate surface area is 126 Å². The van der Waals surface area contributed by atoms with Gasteiger partial charge in [0, 0.05) is 5.92 Å². The number of nitrogens with one attached hydrogen (secondary N) is 1. The molecule has 0 spiro atoms. The first-order valence-corrected chi connectivity index (χ1v) is 8.77. The number of allylic oxidation sites excluding steroid dienone is 2. The van der Waals surface area contributed by atoms with Gasteiger partial charge < -0.3 is 0 Å². The smallest absolute Gasteiger partial charge is 0.237 e. The molecule has 0 saturated carbocycles. The standard InChI is InChI=1S/C16H20N2O2S/c1-11-8-14-15(9-12(11)2)21(19,20)18-16(14)17-10-13-6-4-3-5-7-13/h3-7,14-15H,8-10H2,1-2H3,(H,17,18)/t14-,15+/m1/s1. The van der Waals surface area contributed by atoms with Crippen molar-refractivity contribution in [2.45, 2.75) is 38.5 Å². The minimum Gasteiger partial charge on any atom is -0.271 e. The van der Waals surface area contributed by atoms with Crippen molar-refractivity contribution < 1.29 is 8.42 Å². The predicted molar refractivity (Wildman–Crippen MR) is 84.5 cm³/mol. The maximum Gasteiger partial charge on any atom is 0.237 e. The number of nitrogens with zero attached hydrogens (tertiary/aromatic N) is 1. The minimum absolute atomic E-state index is 0.0117. The topological polar surface area (TPSA) is 58.5 Å². The van der Waals surface area contributed by atoms with Crippen LogP contribution in [0.1, 0.15) is 32.3 Å². The summed E-state index contributed by atoms with van der Waals surface area (Å²) in [6, 6.07) is 9.90. The Morgan fingerprint density at radius 3 is 2.52 bits per heavy atom. The highest BCUT2D eigenvalue weighted by molar-refractivity contribution is 7.91. The van der Waals surface area contributed by atoms with E-state index in [1.807, 2.05) is 37.3 Å². The molecule has 1 aliphatic heterocycles. The van der Waals surface area contributed by atoms with Crippen LogP contribution in [0.5, 0.6) is 0 Å². The number of sulfonamides is 1. The van der Waals surface area contributed by atoms with Crippen LogP contribution in [0.2, 0.25) is 0 Å². The van der Waals surface area contributed by atoms with Crippen LogP contribution in [0.15, 0.2) is 46.5 Å². The zero-order valence-electron chi connectivity index (χ0n) is 12.3. The molecule has 21 heavy (non-hydrogen) atoms. The molecule has 2 aliphatic rings. The van der Waals surface area contributed by atoms with Gasteiger partial charge in [-0.05, 0) is 32.3 Å². The number of aliphatic imine (C=N–C) groups is 1. The zero-order chi connectivity index (χ0) is 15.0. The second-order valence-electron chi connectivity index (χ2n) is 5.95. The summed E-state index contributed by atoms with van der Waals surface area (Å²) in [6.45, 7) is 4.63. The number of fused-ring (bicyclic) bond motifs is 1. The molecule has 0 unspecified atom stereocenters. The van der Waals surface area contributed by atoms with Crippen LogP contribution in [0.4, 0.5) is 0 Å². The lowest BCUT2D eigenvalue weighted by molar-refractivity contribution is 0.541. The van der Waals surface area contributed by atoms with Crippen LogP contribution in [0, 0.1) is 5.92 Å². The highest BCUT2D eigenvalue weighted by atomic mass is 32.2. The van der Waals surface area contributed by atoms with Crippen molar-refractivity contribution in [1.29, 1.82) is 0 Å². The van der Waals surface area contributed by atoms with Crippen LogP contribution in [-0.4, -0.2) is 19.5 Å². The van der Waals surface area contributed by atoms with E-state index in [1.165, 1.54) is 11.1 Å². The van der Waals surface area contributed by atoms with Crippen LogP contribution in [-0.2, 0) is 16.6 Å². The van der Waals surface area contributed by atoms with Crippen molar-refractivity contribution in [3.63, 3.8) is 0 Å². The van der Waals surface area contributed by atoms with Crippen molar-refractivity contribution in [1.82, 2.24) is 4.72 Å². The summed E-state index contributed by atoms with van der Waals surface area (Å²) in [5, 5.41) is -0.351. The van der Waals surface area contributed by atoms with E-state index in [0.29, 0.717) is 18.8 Å². The van der Waals surface area contributed by atoms with Gasteiger partial charge in [0.15, 0.2) is 0 Å². The third-order valence-corrected chi connectivity index (χ3v) is 6.27. The van der Waals surface area contributed by atoms with Gasteiger partial charge in [0.2, 0.25) is 10.0 Å². The number of rotatable bonds is 2. The first-order valence-electron chi connectivity index (χ1n) is 7.22. The maximum atomic E-state index is 12.3. The number of hydrogen-bond donors (Lipinski definition) is 1. The van der Waals surface area contributed by atoms with Crippen LogP contribution < -0.4 is 4.72 Å². The van der Waals surface area contributed by atoms with Gasteiger partial charge in [0.25, 0.3) is 0 Å². The molecule has 3 rings (SSSR count). The van der Waals surface area contributed by atoms with Crippen molar-refractivity contribution in [3.05, 3.63) is 47.0 Å². The van der Waals surface area contributed by atoms with Crippen molar-refractivity contribution in [2.75, 3.05) is 0 Å². The number of amidine groups is 1. The Morgan fingerprint density at radius 2 is 1.81 bits per heavy atom. The zero-order valence-corrected chi connectivity index (χ0v) is 13.2. The van der Waals surface area contributed by atoms with Crippen molar-refractivity contribution in [2.24, 2.45) is 10.9 Å². The van der Waals surface area contributed by atoms with Gasteiger partial charge in [-0.2, -0.15) is 0 Å². The monoisotopic (exact) mass is 304 g/mol. The maximum absolute atomic E-state index is 12.3. The van der Waals surface area contributed by atoms with Gasteiger partial charge in [-0.25, -0.2) is 8.42 Å². The van der Waals surface area contributed by atoms with Gasteiger partial charge in [-0.3, -0.25) is 9.71 Å².